The molecular weight excluding hydrogens is 236 g/mol. The Kier molecular flexibility index (Phi) is 6.85. The lowest BCUT2D eigenvalue weighted by atomic mass is 10.4. The lowest BCUT2D eigenvalue weighted by molar-refractivity contribution is 0.195. The molecule has 1 aromatic heterocycles. The first-order valence-electron chi connectivity index (χ1n) is 5.30. The van der Waals surface area contributed by atoms with Crippen molar-refractivity contribution >= 4 is 23.5 Å². The van der Waals surface area contributed by atoms with E-state index in [0.29, 0.717) is 11.7 Å². The van der Waals surface area contributed by atoms with Crippen LogP contribution in [0.15, 0.2) is 29.5 Å². The van der Waals surface area contributed by atoms with Gasteiger partial charge in [0.15, 0.2) is 5.11 Å². The largest absolute Gasteiger partial charge is 0.385 e. The fourth-order valence-electron chi connectivity index (χ4n) is 1.07. The second-order valence-corrected chi connectivity index (χ2v) is 3.64. The molecule has 2 N–H and O–H groups in total. The minimum Gasteiger partial charge on any atom is -0.385 e. The number of methoxy groups -OCH3 is 1. The summed E-state index contributed by atoms with van der Waals surface area (Å²) in [6.07, 6.45) is 4.23. The summed E-state index contributed by atoms with van der Waals surface area (Å²) in [4.78, 5) is 4.09. The molecule has 0 aliphatic heterocycles. The summed E-state index contributed by atoms with van der Waals surface area (Å²) in [5, 5.41) is 7.47. The van der Waals surface area contributed by atoms with Crippen LogP contribution in [-0.2, 0) is 4.74 Å². The number of aromatic nitrogens is 1. The maximum atomic E-state index is 5.02. The van der Waals surface area contributed by atoms with E-state index in [1.807, 2.05) is 18.2 Å². The molecule has 0 saturated carbocycles. The summed E-state index contributed by atoms with van der Waals surface area (Å²) >= 11 is 5.02. The van der Waals surface area contributed by atoms with Gasteiger partial charge in [-0.1, -0.05) is 6.07 Å². The molecule has 5 nitrogen and oxygen atoms in total. The van der Waals surface area contributed by atoms with Crippen LogP contribution in [-0.4, -0.2) is 36.6 Å². The Hall–Kier alpha value is -1.53. The number of hydrazone groups is 1. The van der Waals surface area contributed by atoms with Gasteiger partial charge in [-0.15, -0.1) is 0 Å². The van der Waals surface area contributed by atoms with Gasteiger partial charge in [0.25, 0.3) is 0 Å². The predicted octanol–water partition coefficient (Wildman–Crippen LogP) is 0.916. The molecule has 0 radical (unpaired) electrons. The van der Waals surface area contributed by atoms with E-state index >= 15 is 0 Å². The maximum absolute atomic E-state index is 5.02. The molecule has 0 aromatic carbocycles. The Labute approximate surface area is 106 Å². The smallest absolute Gasteiger partial charge is 0.186 e. The number of pyridine rings is 1. The summed E-state index contributed by atoms with van der Waals surface area (Å²) in [5.74, 6) is 0. The van der Waals surface area contributed by atoms with Gasteiger partial charge in [0.05, 0.1) is 11.9 Å². The maximum Gasteiger partial charge on any atom is 0.186 e. The van der Waals surface area contributed by atoms with Crippen LogP contribution < -0.4 is 10.7 Å². The second-order valence-electron chi connectivity index (χ2n) is 3.23. The Morgan fingerprint density at radius 3 is 3.18 bits per heavy atom. The summed E-state index contributed by atoms with van der Waals surface area (Å²) in [6.45, 7) is 1.48. The molecule has 0 saturated heterocycles. The molecule has 92 valence electrons. The van der Waals surface area contributed by atoms with E-state index in [1.54, 1.807) is 19.5 Å². The minimum atomic E-state index is 0.494. The van der Waals surface area contributed by atoms with Crippen molar-refractivity contribution in [1.82, 2.24) is 15.7 Å². The van der Waals surface area contributed by atoms with Gasteiger partial charge >= 0.3 is 0 Å². The summed E-state index contributed by atoms with van der Waals surface area (Å²) < 4.78 is 4.92. The van der Waals surface area contributed by atoms with Gasteiger partial charge in [-0.2, -0.15) is 5.10 Å². The zero-order valence-corrected chi connectivity index (χ0v) is 10.5. The first kappa shape index (κ1) is 13.5. The van der Waals surface area contributed by atoms with Crippen molar-refractivity contribution in [3.63, 3.8) is 0 Å². The zero-order chi connectivity index (χ0) is 12.3. The number of nitrogens with one attached hydrogen (secondary N) is 2. The zero-order valence-electron chi connectivity index (χ0n) is 9.72. The molecule has 0 aliphatic rings. The van der Waals surface area contributed by atoms with E-state index in [4.69, 9.17) is 17.0 Å². The van der Waals surface area contributed by atoms with E-state index in [0.717, 1.165) is 18.7 Å². The van der Waals surface area contributed by atoms with Crippen molar-refractivity contribution in [3.8, 4) is 0 Å². The third-order valence-corrected chi connectivity index (χ3v) is 2.10. The molecule has 0 amide bonds. The molecule has 1 aromatic rings. The number of rotatable bonds is 6. The fourth-order valence-corrected chi connectivity index (χ4v) is 1.22. The number of hydrogen-bond donors (Lipinski definition) is 2. The lowest BCUT2D eigenvalue weighted by Gasteiger charge is -2.05. The van der Waals surface area contributed by atoms with Gasteiger partial charge in [-0.3, -0.25) is 10.4 Å². The third kappa shape index (κ3) is 6.60. The average Bonchev–Trinajstić information content (AvgIpc) is 2.36. The van der Waals surface area contributed by atoms with Crippen LogP contribution in [0.2, 0.25) is 0 Å². The standard InChI is InChI=1S/C11H16N4OS/c1-16-8-4-7-13-11(17)15-14-9-10-5-2-3-6-12-10/h2-3,5-6,9H,4,7-8H2,1H3,(H2,13,15,17)/b14-9-. The second kappa shape index (κ2) is 8.60. The molecule has 0 fully saturated rings. The van der Waals surface area contributed by atoms with Crippen molar-refractivity contribution in [3.05, 3.63) is 30.1 Å². The topological polar surface area (TPSA) is 58.5 Å². The number of ether oxygens (including phenoxy) is 1. The number of nitrogens with zero attached hydrogens (tertiary/aromatic N) is 2. The first-order chi connectivity index (χ1) is 8.33. The number of thiocarbonyl (C=S) groups is 1. The van der Waals surface area contributed by atoms with E-state index in [9.17, 15) is 0 Å². The van der Waals surface area contributed by atoms with Crippen LogP contribution in [0.1, 0.15) is 12.1 Å². The highest BCUT2D eigenvalue weighted by atomic mass is 32.1. The highest BCUT2D eigenvalue weighted by molar-refractivity contribution is 7.80. The summed E-state index contributed by atoms with van der Waals surface area (Å²) in [5.41, 5.74) is 3.50. The Balaban J connectivity index is 2.17. The summed E-state index contributed by atoms with van der Waals surface area (Å²) in [6, 6.07) is 5.61. The van der Waals surface area contributed by atoms with Crippen LogP contribution in [0.5, 0.6) is 0 Å². The van der Waals surface area contributed by atoms with Gasteiger partial charge in [0.2, 0.25) is 0 Å². The van der Waals surface area contributed by atoms with Crippen LogP contribution in [0.3, 0.4) is 0 Å². The van der Waals surface area contributed by atoms with Gasteiger partial charge in [-0.25, -0.2) is 0 Å². The minimum absolute atomic E-state index is 0.494. The monoisotopic (exact) mass is 252 g/mol. The van der Waals surface area contributed by atoms with Crippen molar-refractivity contribution in [2.45, 2.75) is 6.42 Å². The molecule has 6 heteroatoms. The molecule has 0 atom stereocenters. The van der Waals surface area contributed by atoms with Crippen LogP contribution in [0.4, 0.5) is 0 Å². The molecule has 0 bridgehead atoms. The van der Waals surface area contributed by atoms with Crippen molar-refractivity contribution < 1.29 is 4.74 Å². The van der Waals surface area contributed by atoms with Crippen molar-refractivity contribution in [2.75, 3.05) is 20.3 Å². The Morgan fingerprint density at radius 2 is 2.47 bits per heavy atom. The van der Waals surface area contributed by atoms with E-state index in [2.05, 4.69) is 20.8 Å². The highest BCUT2D eigenvalue weighted by Gasteiger charge is 1.92. The third-order valence-electron chi connectivity index (χ3n) is 1.86. The quantitative estimate of drug-likeness (QED) is 0.341. The van der Waals surface area contributed by atoms with Crippen LogP contribution in [0.25, 0.3) is 0 Å². The highest BCUT2D eigenvalue weighted by Crippen LogP contribution is 1.87. The lowest BCUT2D eigenvalue weighted by Crippen LogP contribution is -2.33. The molecule has 0 spiro atoms. The molecule has 1 rings (SSSR count). The molecule has 0 aliphatic carbocycles. The van der Waals surface area contributed by atoms with Gasteiger partial charge in [-0.05, 0) is 30.8 Å². The average molecular weight is 252 g/mol. The van der Waals surface area contributed by atoms with Crippen molar-refractivity contribution in [2.24, 2.45) is 5.10 Å². The molecule has 0 unspecified atom stereocenters. The molecule has 1 heterocycles. The van der Waals surface area contributed by atoms with Gasteiger partial charge < -0.3 is 10.1 Å². The number of hydrogen-bond acceptors (Lipinski definition) is 4. The van der Waals surface area contributed by atoms with E-state index in [-0.39, 0.29) is 0 Å². The molecular formula is C11H16N4OS. The van der Waals surface area contributed by atoms with Crippen LogP contribution >= 0.6 is 12.2 Å². The van der Waals surface area contributed by atoms with E-state index < -0.39 is 0 Å². The first-order valence-corrected chi connectivity index (χ1v) is 5.70. The molecule has 17 heavy (non-hydrogen) atoms. The Morgan fingerprint density at radius 1 is 1.59 bits per heavy atom. The van der Waals surface area contributed by atoms with Crippen molar-refractivity contribution in [1.29, 1.82) is 0 Å². The van der Waals surface area contributed by atoms with Gasteiger partial charge in [0, 0.05) is 26.5 Å². The summed E-state index contributed by atoms with van der Waals surface area (Å²) in [7, 11) is 1.67. The normalized spacial score (nSPS) is 10.4. The van der Waals surface area contributed by atoms with E-state index in [1.165, 1.54) is 0 Å². The fraction of sp³-hybridized carbons (Fsp3) is 0.364. The van der Waals surface area contributed by atoms with Gasteiger partial charge in [0.1, 0.15) is 0 Å². The SMILES string of the molecule is COCCCNC(=S)N/N=C\c1ccccn1. The predicted molar refractivity (Wildman–Crippen MR) is 72.1 cm³/mol. The van der Waals surface area contributed by atoms with Crippen LogP contribution in [0, 0.1) is 0 Å². The Bertz CT molecular complexity index is 356.